The van der Waals surface area contributed by atoms with Crippen molar-refractivity contribution in [3.8, 4) is 11.5 Å². The molecule has 1 amide bonds. The van der Waals surface area contributed by atoms with E-state index in [4.69, 9.17) is 15.2 Å². The number of nitrogens with one attached hydrogen (secondary N) is 2. The summed E-state index contributed by atoms with van der Waals surface area (Å²) in [4.78, 5) is 30.9. The lowest BCUT2D eigenvalue weighted by molar-refractivity contribution is -0.116. The lowest BCUT2D eigenvalue weighted by Gasteiger charge is -2.24. The standard InChI is InChI=1S/C17H20N4O4/c1-3-6-25-11-5-4-9(7-12(11)24-2)10-8-13(22)19-15-14(10)16(23)21-17(18)20-15/h4-5,7,10H,3,6,8H2,1-2H3,(H4,18,19,20,21,22,23). The fourth-order valence-corrected chi connectivity index (χ4v) is 2.91. The first kappa shape index (κ1) is 16.8. The summed E-state index contributed by atoms with van der Waals surface area (Å²) in [6.45, 7) is 2.59. The minimum Gasteiger partial charge on any atom is -0.493 e. The van der Waals surface area contributed by atoms with Crippen molar-refractivity contribution in [2.24, 2.45) is 0 Å². The second-order valence-electron chi connectivity index (χ2n) is 5.78. The first-order chi connectivity index (χ1) is 12.0. The lowest BCUT2D eigenvalue weighted by Crippen LogP contribution is -2.31. The van der Waals surface area contributed by atoms with Gasteiger partial charge in [-0.1, -0.05) is 13.0 Å². The third kappa shape index (κ3) is 3.28. The van der Waals surface area contributed by atoms with Gasteiger partial charge in [0.25, 0.3) is 5.56 Å². The molecule has 0 fully saturated rings. The highest BCUT2D eigenvalue weighted by molar-refractivity contribution is 5.94. The lowest BCUT2D eigenvalue weighted by atomic mass is 9.86. The Morgan fingerprint density at radius 2 is 2.12 bits per heavy atom. The van der Waals surface area contributed by atoms with Crippen LogP contribution in [0.1, 0.15) is 36.8 Å². The summed E-state index contributed by atoms with van der Waals surface area (Å²) in [5.41, 5.74) is 6.37. The smallest absolute Gasteiger partial charge is 0.258 e. The van der Waals surface area contributed by atoms with Crippen LogP contribution in [-0.4, -0.2) is 29.6 Å². The summed E-state index contributed by atoms with van der Waals surface area (Å²) in [5, 5.41) is 2.60. The highest BCUT2D eigenvalue weighted by Gasteiger charge is 2.31. The van der Waals surface area contributed by atoms with Crippen molar-refractivity contribution in [2.75, 3.05) is 24.8 Å². The maximum atomic E-state index is 12.4. The molecule has 1 unspecified atom stereocenters. The molecule has 0 bridgehead atoms. The third-order valence-corrected chi connectivity index (χ3v) is 4.02. The molecule has 132 valence electrons. The van der Waals surface area contributed by atoms with Gasteiger partial charge in [-0.25, -0.2) is 0 Å². The van der Waals surface area contributed by atoms with E-state index in [2.05, 4.69) is 15.3 Å². The molecule has 25 heavy (non-hydrogen) atoms. The van der Waals surface area contributed by atoms with Crippen LogP contribution in [0.4, 0.5) is 11.8 Å². The maximum Gasteiger partial charge on any atom is 0.258 e. The molecule has 8 nitrogen and oxygen atoms in total. The number of methoxy groups -OCH3 is 1. The van der Waals surface area contributed by atoms with Gasteiger partial charge in [0.2, 0.25) is 11.9 Å². The number of aromatic amines is 1. The van der Waals surface area contributed by atoms with E-state index < -0.39 is 5.92 Å². The summed E-state index contributed by atoms with van der Waals surface area (Å²) in [7, 11) is 1.55. The van der Waals surface area contributed by atoms with Crippen LogP contribution in [0.25, 0.3) is 0 Å². The van der Waals surface area contributed by atoms with Crippen LogP contribution in [0.5, 0.6) is 11.5 Å². The number of anilines is 2. The number of nitrogens with zero attached hydrogens (tertiary/aromatic N) is 1. The van der Waals surface area contributed by atoms with Crippen LogP contribution < -0.4 is 26.1 Å². The van der Waals surface area contributed by atoms with E-state index in [1.165, 1.54) is 0 Å². The second-order valence-corrected chi connectivity index (χ2v) is 5.78. The summed E-state index contributed by atoms with van der Waals surface area (Å²) in [6, 6.07) is 5.40. The Balaban J connectivity index is 2.05. The van der Waals surface area contributed by atoms with Crippen molar-refractivity contribution in [1.29, 1.82) is 0 Å². The Hall–Kier alpha value is -3.03. The number of hydrogen-bond acceptors (Lipinski definition) is 6. The molecule has 1 aromatic heterocycles. The summed E-state index contributed by atoms with van der Waals surface area (Å²) < 4.78 is 11.0. The molecular formula is C17H20N4O4. The largest absolute Gasteiger partial charge is 0.493 e. The van der Waals surface area contributed by atoms with E-state index >= 15 is 0 Å². The molecule has 2 aromatic rings. The number of carbonyl (C=O) groups is 1. The van der Waals surface area contributed by atoms with Crippen molar-refractivity contribution >= 4 is 17.7 Å². The molecule has 3 rings (SSSR count). The summed E-state index contributed by atoms with van der Waals surface area (Å²) in [6.07, 6.45) is 1.02. The zero-order valence-corrected chi connectivity index (χ0v) is 14.1. The van der Waals surface area contributed by atoms with E-state index in [9.17, 15) is 9.59 Å². The van der Waals surface area contributed by atoms with Gasteiger partial charge >= 0.3 is 0 Å². The number of benzene rings is 1. The Labute approximate surface area is 144 Å². The number of amides is 1. The Bertz CT molecular complexity index is 862. The topological polar surface area (TPSA) is 119 Å². The number of rotatable bonds is 5. The zero-order valence-electron chi connectivity index (χ0n) is 14.1. The van der Waals surface area contributed by atoms with Crippen molar-refractivity contribution in [1.82, 2.24) is 9.97 Å². The first-order valence-electron chi connectivity index (χ1n) is 8.03. The number of carbonyl (C=O) groups excluding carboxylic acids is 1. The van der Waals surface area contributed by atoms with Crippen LogP contribution in [0, 0.1) is 0 Å². The van der Waals surface area contributed by atoms with Gasteiger partial charge in [0.15, 0.2) is 11.5 Å². The molecule has 4 N–H and O–H groups in total. The summed E-state index contributed by atoms with van der Waals surface area (Å²) in [5.74, 6) is 0.685. The fourth-order valence-electron chi connectivity index (χ4n) is 2.91. The fraction of sp³-hybridized carbons (Fsp3) is 0.353. The molecule has 1 atom stereocenters. The van der Waals surface area contributed by atoms with Gasteiger partial charge in [0, 0.05) is 12.3 Å². The quantitative estimate of drug-likeness (QED) is 0.758. The van der Waals surface area contributed by atoms with Crippen molar-refractivity contribution < 1.29 is 14.3 Å². The minimum absolute atomic E-state index is 0.0365. The zero-order chi connectivity index (χ0) is 18.0. The minimum atomic E-state index is -0.435. The molecule has 0 aliphatic carbocycles. The highest BCUT2D eigenvalue weighted by atomic mass is 16.5. The number of aromatic nitrogens is 2. The molecule has 1 aliphatic rings. The van der Waals surface area contributed by atoms with Gasteiger partial charge < -0.3 is 20.5 Å². The molecule has 1 aliphatic heterocycles. The molecule has 8 heteroatoms. The maximum absolute atomic E-state index is 12.4. The van der Waals surface area contributed by atoms with Crippen molar-refractivity contribution in [3.05, 3.63) is 39.7 Å². The van der Waals surface area contributed by atoms with Crippen molar-refractivity contribution in [2.45, 2.75) is 25.7 Å². The predicted octanol–water partition coefficient (Wildman–Crippen LogP) is 1.62. The Morgan fingerprint density at radius 3 is 2.84 bits per heavy atom. The molecule has 0 spiro atoms. The number of ether oxygens (including phenoxy) is 2. The van der Waals surface area contributed by atoms with E-state index in [1.807, 2.05) is 13.0 Å². The van der Waals surface area contributed by atoms with Gasteiger partial charge in [-0.3, -0.25) is 14.6 Å². The monoisotopic (exact) mass is 344 g/mol. The summed E-state index contributed by atoms with van der Waals surface area (Å²) >= 11 is 0. The number of H-pyrrole nitrogens is 1. The predicted molar refractivity (Wildman–Crippen MR) is 93.1 cm³/mol. The molecule has 0 saturated heterocycles. The van der Waals surface area contributed by atoms with Gasteiger partial charge in [-0.15, -0.1) is 0 Å². The van der Waals surface area contributed by atoms with E-state index in [1.54, 1.807) is 19.2 Å². The van der Waals surface area contributed by atoms with Gasteiger partial charge in [0.05, 0.1) is 19.3 Å². The highest BCUT2D eigenvalue weighted by Crippen LogP contribution is 2.38. The molecule has 0 radical (unpaired) electrons. The number of nitrogens with two attached hydrogens (primary N) is 1. The van der Waals surface area contributed by atoms with Crippen LogP contribution in [0.3, 0.4) is 0 Å². The number of fused-ring (bicyclic) bond motifs is 1. The Morgan fingerprint density at radius 1 is 1.32 bits per heavy atom. The normalized spacial score (nSPS) is 16.1. The van der Waals surface area contributed by atoms with Gasteiger partial charge in [0.1, 0.15) is 5.82 Å². The number of nitrogen functional groups attached to an aromatic ring is 1. The van der Waals surface area contributed by atoms with Crippen molar-refractivity contribution in [3.63, 3.8) is 0 Å². The molecule has 2 heterocycles. The first-order valence-corrected chi connectivity index (χ1v) is 8.03. The van der Waals surface area contributed by atoms with Gasteiger partial charge in [-0.05, 0) is 24.1 Å². The Kier molecular flexibility index (Phi) is 4.60. The van der Waals surface area contributed by atoms with E-state index in [-0.39, 0.29) is 29.7 Å². The van der Waals surface area contributed by atoms with E-state index in [0.29, 0.717) is 23.7 Å². The average Bonchev–Trinajstić information content (AvgIpc) is 2.58. The molecular weight excluding hydrogens is 324 g/mol. The van der Waals surface area contributed by atoms with Gasteiger partial charge in [-0.2, -0.15) is 4.98 Å². The van der Waals surface area contributed by atoms with Crippen LogP contribution in [0.15, 0.2) is 23.0 Å². The molecule has 1 aromatic carbocycles. The van der Waals surface area contributed by atoms with Crippen LogP contribution in [0.2, 0.25) is 0 Å². The second kappa shape index (κ2) is 6.84. The number of hydrogen-bond donors (Lipinski definition) is 3. The SMILES string of the molecule is CCCOc1ccc(C2CC(=O)Nc3nc(N)[nH]c(=O)c32)cc1OC. The van der Waals surface area contributed by atoms with E-state index in [0.717, 1.165) is 12.0 Å². The van der Waals surface area contributed by atoms with Crippen LogP contribution >= 0.6 is 0 Å². The molecule has 0 saturated carbocycles. The van der Waals surface area contributed by atoms with Crippen LogP contribution in [-0.2, 0) is 4.79 Å². The average molecular weight is 344 g/mol. The third-order valence-electron chi connectivity index (χ3n) is 4.02.